The van der Waals surface area contributed by atoms with Crippen LogP contribution >= 0.6 is 11.6 Å². The van der Waals surface area contributed by atoms with E-state index in [0.29, 0.717) is 5.56 Å². The summed E-state index contributed by atoms with van der Waals surface area (Å²) in [6.07, 6.45) is 0. The molecular weight excluding hydrogens is 248 g/mol. The zero-order valence-electron chi connectivity index (χ0n) is 11.9. The summed E-state index contributed by atoms with van der Waals surface area (Å²) >= 11 is 5.67. The molecule has 1 N–H and O–H groups in total. The highest BCUT2D eigenvalue weighted by molar-refractivity contribution is 6.68. The van der Waals surface area contributed by atoms with Crippen molar-refractivity contribution in [3.63, 3.8) is 0 Å². The molecule has 0 amide bonds. The molecule has 0 saturated carbocycles. The largest absolute Gasteiger partial charge is 0.508 e. The second kappa shape index (κ2) is 4.58. The molecule has 1 aromatic carbocycles. The van der Waals surface area contributed by atoms with Crippen LogP contribution in [0.15, 0.2) is 12.1 Å². The van der Waals surface area contributed by atoms with Gasteiger partial charge in [0.1, 0.15) is 5.75 Å². The number of benzene rings is 1. The molecule has 1 aromatic rings. The van der Waals surface area contributed by atoms with Gasteiger partial charge in [0.2, 0.25) is 0 Å². The van der Waals surface area contributed by atoms with Gasteiger partial charge in [0, 0.05) is 5.56 Å². The molecule has 0 spiro atoms. The summed E-state index contributed by atoms with van der Waals surface area (Å²) in [5, 5.41) is 9.66. The molecule has 0 aromatic heterocycles. The predicted octanol–water partition coefficient (Wildman–Crippen LogP) is 4.37. The van der Waals surface area contributed by atoms with Gasteiger partial charge < -0.3 is 5.11 Å². The van der Waals surface area contributed by atoms with Crippen molar-refractivity contribution in [1.82, 2.24) is 0 Å². The van der Waals surface area contributed by atoms with E-state index in [4.69, 9.17) is 11.6 Å². The Hall–Kier alpha value is -1.02. The summed E-state index contributed by atoms with van der Waals surface area (Å²) in [4.78, 5) is 11.6. The van der Waals surface area contributed by atoms with E-state index in [1.54, 1.807) is 12.1 Å². The number of carbonyl (C=O) groups is 1. The van der Waals surface area contributed by atoms with Crippen LogP contribution in [0.4, 0.5) is 0 Å². The quantitative estimate of drug-likeness (QED) is 0.768. The lowest BCUT2D eigenvalue weighted by Crippen LogP contribution is -2.19. The first kappa shape index (κ1) is 15.0. The van der Waals surface area contributed by atoms with Gasteiger partial charge in [-0.2, -0.15) is 0 Å². The summed E-state index contributed by atoms with van der Waals surface area (Å²) in [6, 6.07) is 3.38. The Bertz CT molecular complexity index is 476. The van der Waals surface area contributed by atoms with Crippen molar-refractivity contribution in [2.45, 2.75) is 52.4 Å². The number of phenols is 1. The number of phenolic OH excluding ortho intramolecular Hbond substituents is 1. The van der Waals surface area contributed by atoms with Crippen LogP contribution in [0.3, 0.4) is 0 Å². The molecular formula is C15H21ClO2. The Balaban J connectivity index is 3.60. The van der Waals surface area contributed by atoms with Crippen LogP contribution in [-0.2, 0) is 10.8 Å². The van der Waals surface area contributed by atoms with Crippen LogP contribution in [0.25, 0.3) is 0 Å². The topological polar surface area (TPSA) is 37.3 Å². The fourth-order valence-electron chi connectivity index (χ4n) is 1.97. The van der Waals surface area contributed by atoms with Gasteiger partial charge in [-0.05, 0) is 45.7 Å². The molecule has 18 heavy (non-hydrogen) atoms. The van der Waals surface area contributed by atoms with Crippen LogP contribution in [0.5, 0.6) is 5.75 Å². The van der Waals surface area contributed by atoms with E-state index in [-0.39, 0.29) is 16.6 Å². The van der Waals surface area contributed by atoms with Gasteiger partial charge in [0.15, 0.2) is 0 Å². The molecule has 0 bridgehead atoms. The summed E-state index contributed by atoms with van der Waals surface area (Å²) in [5.41, 5.74) is 1.51. The number of rotatable bonds is 1. The lowest BCUT2D eigenvalue weighted by Gasteiger charge is -2.26. The van der Waals surface area contributed by atoms with Gasteiger partial charge in [0.25, 0.3) is 5.24 Å². The van der Waals surface area contributed by atoms with E-state index in [0.717, 1.165) is 11.1 Å². The number of hydrogen-bond donors (Lipinski definition) is 1. The van der Waals surface area contributed by atoms with Crippen molar-refractivity contribution < 1.29 is 9.90 Å². The van der Waals surface area contributed by atoms with Crippen LogP contribution in [-0.4, -0.2) is 10.3 Å². The molecule has 0 unspecified atom stereocenters. The molecule has 0 aliphatic rings. The Morgan fingerprint density at radius 3 is 1.78 bits per heavy atom. The van der Waals surface area contributed by atoms with Crippen LogP contribution in [0, 0.1) is 0 Å². The maximum absolute atomic E-state index is 11.6. The third-order valence-electron chi connectivity index (χ3n) is 2.96. The Morgan fingerprint density at radius 1 is 1.00 bits per heavy atom. The average molecular weight is 269 g/mol. The minimum atomic E-state index is -0.481. The van der Waals surface area contributed by atoms with Gasteiger partial charge in [-0.1, -0.05) is 41.5 Å². The summed E-state index contributed by atoms with van der Waals surface area (Å²) < 4.78 is 0. The molecule has 3 heteroatoms. The number of aromatic hydroxyl groups is 1. The SMILES string of the molecule is CC(C)(C)c1cc(C(=O)Cl)c(C(C)(C)C)cc1O. The lowest BCUT2D eigenvalue weighted by molar-refractivity contribution is 0.107. The normalized spacial score (nSPS) is 12.6. The minimum absolute atomic E-state index is 0.217. The fraction of sp³-hybridized carbons (Fsp3) is 0.533. The highest BCUT2D eigenvalue weighted by Crippen LogP contribution is 2.37. The molecule has 1 rings (SSSR count). The molecule has 0 aliphatic carbocycles. The Kier molecular flexibility index (Phi) is 3.83. The van der Waals surface area contributed by atoms with Crippen molar-refractivity contribution in [1.29, 1.82) is 0 Å². The van der Waals surface area contributed by atoms with Crippen LogP contribution in [0.1, 0.15) is 63.0 Å². The van der Waals surface area contributed by atoms with E-state index >= 15 is 0 Å². The van der Waals surface area contributed by atoms with E-state index in [1.165, 1.54) is 0 Å². The molecule has 0 aliphatic heterocycles. The summed E-state index contributed by atoms with van der Waals surface area (Å²) in [6.45, 7) is 11.9. The lowest BCUT2D eigenvalue weighted by atomic mass is 9.79. The van der Waals surface area contributed by atoms with E-state index < -0.39 is 5.24 Å². The molecule has 0 radical (unpaired) electrons. The standard InChI is InChI=1S/C15H21ClO2/c1-14(2,3)10-8-12(17)11(15(4,5)6)7-9(10)13(16)18/h7-8,17H,1-6H3. The van der Waals surface area contributed by atoms with Gasteiger partial charge in [-0.15, -0.1) is 0 Å². The Labute approximate surface area is 114 Å². The van der Waals surface area contributed by atoms with E-state index in [9.17, 15) is 9.90 Å². The van der Waals surface area contributed by atoms with Crippen molar-refractivity contribution >= 4 is 16.8 Å². The van der Waals surface area contributed by atoms with Crippen molar-refractivity contribution in [3.8, 4) is 5.75 Å². The van der Waals surface area contributed by atoms with E-state index in [2.05, 4.69) is 0 Å². The highest BCUT2D eigenvalue weighted by Gasteiger charge is 2.26. The molecule has 0 saturated heterocycles. The van der Waals surface area contributed by atoms with E-state index in [1.807, 2.05) is 41.5 Å². The second-order valence-electron chi connectivity index (χ2n) is 6.69. The summed E-state index contributed by atoms with van der Waals surface area (Å²) in [5.74, 6) is 0.217. The highest BCUT2D eigenvalue weighted by atomic mass is 35.5. The van der Waals surface area contributed by atoms with Crippen LogP contribution < -0.4 is 0 Å². The maximum atomic E-state index is 11.6. The first-order valence-electron chi connectivity index (χ1n) is 6.02. The number of carbonyl (C=O) groups excluding carboxylic acids is 1. The summed E-state index contributed by atoms with van der Waals surface area (Å²) in [7, 11) is 0. The van der Waals surface area contributed by atoms with Gasteiger partial charge in [-0.3, -0.25) is 4.79 Å². The maximum Gasteiger partial charge on any atom is 0.252 e. The van der Waals surface area contributed by atoms with Crippen LogP contribution in [0.2, 0.25) is 0 Å². The third kappa shape index (κ3) is 3.05. The monoisotopic (exact) mass is 268 g/mol. The third-order valence-corrected chi connectivity index (χ3v) is 3.17. The molecule has 0 heterocycles. The average Bonchev–Trinajstić information content (AvgIpc) is 2.13. The molecule has 2 nitrogen and oxygen atoms in total. The van der Waals surface area contributed by atoms with Gasteiger partial charge in [-0.25, -0.2) is 0 Å². The van der Waals surface area contributed by atoms with Crippen molar-refractivity contribution in [2.24, 2.45) is 0 Å². The minimum Gasteiger partial charge on any atom is -0.508 e. The number of halogens is 1. The first-order valence-corrected chi connectivity index (χ1v) is 6.40. The first-order chi connectivity index (χ1) is 7.94. The van der Waals surface area contributed by atoms with Crippen molar-refractivity contribution in [2.75, 3.05) is 0 Å². The molecule has 100 valence electrons. The zero-order chi connectivity index (χ0) is 14.3. The predicted molar refractivity (Wildman–Crippen MR) is 75.7 cm³/mol. The van der Waals surface area contributed by atoms with Crippen molar-refractivity contribution in [3.05, 3.63) is 28.8 Å². The number of hydrogen-bond acceptors (Lipinski definition) is 2. The Morgan fingerprint density at radius 2 is 1.44 bits per heavy atom. The molecule has 0 fully saturated rings. The second-order valence-corrected chi connectivity index (χ2v) is 7.03. The molecule has 0 atom stereocenters. The van der Waals surface area contributed by atoms with Gasteiger partial charge in [0.05, 0.1) is 0 Å². The smallest absolute Gasteiger partial charge is 0.252 e. The zero-order valence-corrected chi connectivity index (χ0v) is 12.6. The fourth-order valence-corrected chi connectivity index (χ4v) is 2.13. The van der Waals surface area contributed by atoms with Gasteiger partial charge >= 0.3 is 0 Å².